The van der Waals surface area contributed by atoms with Crippen LogP contribution in [0.4, 0.5) is 21.9 Å². The number of ether oxygens (including phenoxy) is 2. The Hall–Kier alpha value is -3.68. The van der Waals surface area contributed by atoms with E-state index in [-0.39, 0.29) is 11.7 Å². The normalized spacial score (nSPS) is 14.1. The highest BCUT2D eigenvalue weighted by molar-refractivity contribution is 6.06. The molecule has 3 aromatic rings. The quantitative estimate of drug-likeness (QED) is 0.458. The Morgan fingerprint density at radius 2 is 1.62 bits per heavy atom. The number of amides is 2. The molecule has 168 valence electrons. The molecular formula is C24H27N3O5. The van der Waals surface area contributed by atoms with Crippen molar-refractivity contribution in [1.82, 2.24) is 0 Å². The third-order valence-corrected chi connectivity index (χ3v) is 5.61. The van der Waals surface area contributed by atoms with Gasteiger partial charge in [-0.1, -0.05) is 31.4 Å². The predicted molar refractivity (Wildman–Crippen MR) is 125 cm³/mol. The van der Waals surface area contributed by atoms with Crippen molar-refractivity contribution in [3.05, 3.63) is 52.9 Å². The fourth-order valence-corrected chi connectivity index (χ4v) is 4.02. The standard InChI is InChI=1S/C24H27N3O5/c1-30-17-12-16(13-18(14-17)31-2)26-24(29)27-22-21(25-15-8-4-3-5-9-15)19-10-6-7-11-20(19)32-23(22)28/h6-7,10-15,25H,3-5,8-9H2,1-2H3,(H2,26,27,29). The van der Waals surface area contributed by atoms with Crippen LogP contribution in [0.25, 0.3) is 11.0 Å². The number of anilines is 3. The molecule has 8 heteroatoms. The second-order valence-corrected chi connectivity index (χ2v) is 7.80. The number of benzene rings is 2. The highest BCUT2D eigenvalue weighted by atomic mass is 16.5. The summed E-state index contributed by atoms with van der Waals surface area (Å²) >= 11 is 0. The molecule has 0 aliphatic heterocycles. The molecule has 3 N–H and O–H groups in total. The lowest BCUT2D eigenvalue weighted by atomic mass is 9.95. The van der Waals surface area contributed by atoms with Gasteiger partial charge in [0, 0.05) is 35.3 Å². The van der Waals surface area contributed by atoms with Crippen LogP contribution in [0.5, 0.6) is 11.5 Å². The van der Waals surface area contributed by atoms with Gasteiger partial charge >= 0.3 is 11.7 Å². The Morgan fingerprint density at radius 3 is 2.31 bits per heavy atom. The van der Waals surface area contributed by atoms with Gasteiger partial charge in [0.25, 0.3) is 0 Å². The molecule has 1 saturated carbocycles. The molecule has 0 radical (unpaired) electrons. The van der Waals surface area contributed by atoms with Crippen LogP contribution in [0.2, 0.25) is 0 Å². The third kappa shape index (κ3) is 4.80. The van der Waals surface area contributed by atoms with Crippen molar-refractivity contribution in [3.8, 4) is 11.5 Å². The number of carbonyl (C=O) groups excluding carboxylic acids is 1. The fourth-order valence-electron chi connectivity index (χ4n) is 4.02. The maximum atomic E-state index is 12.8. The smallest absolute Gasteiger partial charge is 0.362 e. The summed E-state index contributed by atoms with van der Waals surface area (Å²) in [5.74, 6) is 1.06. The second kappa shape index (κ2) is 9.64. The number of methoxy groups -OCH3 is 2. The molecule has 1 heterocycles. The lowest BCUT2D eigenvalue weighted by molar-refractivity contribution is 0.262. The minimum atomic E-state index is -0.611. The van der Waals surface area contributed by atoms with Crippen molar-refractivity contribution in [1.29, 1.82) is 0 Å². The van der Waals surface area contributed by atoms with E-state index in [1.165, 1.54) is 20.6 Å². The molecule has 32 heavy (non-hydrogen) atoms. The number of para-hydroxylation sites is 1. The first-order valence-electron chi connectivity index (χ1n) is 10.7. The SMILES string of the molecule is COc1cc(NC(=O)Nc2c(NC3CCCCC3)c3ccccc3oc2=O)cc(OC)c1. The molecule has 1 aliphatic carbocycles. The Labute approximate surface area is 185 Å². The van der Waals surface area contributed by atoms with E-state index in [4.69, 9.17) is 13.9 Å². The van der Waals surface area contributed by atoms with Gasteiger partial charge in [-0.2, -0.15) is 0 Å². The van der Waals surface area contributed by atoms with Gasteiger partial charge < -0.3 is 24.5 Å². The maximum absolute atomic E-state index is 12.8. The van der Waals surface area contributed by atoms with Crippen LogP contribution in [-0.4, -0.2) is 26.3 Å². The molecule has 0 spiro atoms. The minimum Gasteiger partial charge on any atom is -0.497 e. The second-order valence-electron chi connectivity index (χ2n) is 7.80. The lowest BCUT2D eigenvalue weighted by Crippen LogP contribution is -2.27. The molecule has 0 unspecified atom stereocenters. The number of nitrogens with one attached hydrogen (secondary N) is 3. The van der Waals surface area contributed by atoms with Crippen LogP contribution in [0.15, 0.2) is 51.7 Å². The zero-order chi connectivity index (χ0) is 22.5. The van der Waals surface area contributed by atoms with Crippen molar-refractivity contribution in [2.45, 2.75) is 38.1 Å². The van der Waals surface area contributed by atoms with Crippen LogP contribution >= 0.6 is 0 Å². The van der Waals surface area contributed by atoms with E-state index < -0.39 is 11.7 Å². The van der Waals surface area contributed by atoms with Crippen molar-refractivity contribution in [2.75, 3.05) is 30.2 Å². The van der Waals surface area contributed by atoms with Gasteiger partial charge in [-0.05, 0) is 25.0 Å². The molecule has 4 rings (SSSR count). The summed E-state index contributed by atoms with van der Waals surface area (Å²) in [4.78, 5) is 25.6. The van der Waals surface area contributed by atoms with Gasteiger partial charge in [-0.15, -0.1) is 0 Å². The van der Waals surface area contributed by atoms with E-state index in [1.54, 1.807) is 24.3 Å². The molecule has 0 saturated heterocycles. The van der Waals surface area contributed by atoms with Crippen LogP contribution in [0.1, 0.15) is 32.1 Å². The number of hydrogen-bond acceptors (Lipinski definition) is 6. The number of rotatable bonds is 6. The lowest BCUT2D eigenvalue weighted by Gasteiger charge is -2.25. The summed E-state index contributed by atoms with van der Waals surface area (Å²) in [7, 11) is 3.06. The highest BCUT2D eigenvalue weighted by Crippen LogP contribution is 2.32. The number of urea groups is 1. The first-order chi connectivity index (χ1) is 15.6. The van der Waals surface area contributed by atoms with Crippen molar-refractivity contribution in [2.24, 2.45) is 0 Å². The summed E-state index contributed by atoms with van der Waals surface area (Å²) in [6.45, 7) is 0. The van der Waals surface area contributed by atoms with E-state index in [0.717, 1.165) is 31.1 Å². The fraction of sp³-hybridized carbons (Fsp3) is 0.333. The van der Waals surface area contributed by atoms with Crippen molar-refractivity contribution >= 4 is 34.1 Å². The van der Waals surface area contributed by atoms with Gasteiger partial charge in [0.1, 0.15) is 17.1 Å². The largest absolute Gasteiger partial charge is 0.497 e. The Balaban J connectivity index is 1.64. The number of fused-ring (bicyclic) bond motifs is 1. The van der Waals surface area contributed by atoms with E-state index >= 15 is 0 Å². The van der Waals surface area contributed by atoms with Gasteiger partial charge in [-0.25, -0.2) is 9.59 Å². The van der Waals surface area contributed by atoms with Crippen LogP contribution in [0, 0.1) is 0 Å². The van der Waals surface area contributed by atoms with Crippen LogP contribution < -0.4 is 31.0 Å². The summed E-state index contributed by atoms with van der Waals surface area (Å²) in [6.07, 6.45) is 5.52. The zero-order valence-electron chi connectivity index (χ0n) is 18.2. The molecule has 1 aromatic heterocycles. The monoisotopic (exact) mass is 437 g/mol. The average molecular weight is 437 g/mol. The first-order valence-corrected chi connectivity index (χ1v) is 10.7. The van der Waals surface area contributed by atoms with Crippen LogP contribution in [0.3, 0.4) is 0 Å². The predicted octanol–water partition coefficient (Wildman–Crippen LogP) is 5.20. The number of carbonyl (C=O) groups is 1. The minimum absolute atomic E-state index is 0.0848. The van der Waals surface area contributed by atoms with Gasteiger partial charge in [0.2, 0.25) is 0 Å². The molecule has 0 atom stereocenters. The number of hydrogen-bond donors (Lipinski definition) is 3. The Bertz CT molecular complexity index is 1150. The third-order valence-electron chi connectivity index (χ3n) is 5.61. The van der Waals surface area contributed by atoms with E-state index in [1.807, 2.05) is 18.2 Å². The summed E-state index contributed by atoms with van der Waals surface area (Å²) in [5, 5.41) is 9.65. The molecular weight excluding hydrogens is 410 g/mol. The van der Waals surface area contributed by atoms with Crippen molar-refractivity contribution in [3.63, 3.8) is 0 Å². The van der Waals surface area contributed by atoms with E-state index in [0.29, 0.717) is 28.5 Å². The van der Waals surface area contributed by atoms with Crippen LogP contribution in [-0.2, 0) is 0 Å². The van der Waals surface area contributed by atoms with E-state index in [2.05, 4.69) is 16.0 Å². The molecule has 1 fully saturated rings. The first kappa shape index (κ1) is 21.5. The van der Waals surface area contributed by atoms with Crippen molar-refractivity contribution < 1.29 is 18.7 Å². The molecule has 2 aromatic carbocycles. The molecule has 1 aliphatic rings. The molecule has 0 bridgehead atoms. The zero-order valence-corrected chi connectivity index (χ0v) is 18.2. The maximum Gasteiger partial charge on any atom is 0.362 e. The average Bonchev–Trinajstić information content (AvgIpc) is 2.81. The topological polar surface area (TPSA) is 102 Å². The van der Waals surface area contributed by atoms with Gasteiger partial charge in [0.15, 0.2) is 5.69 Å². The van der Waals surface area contributed by atoms with Gasteiger partial charge in [0.05, 0.1) is 19.9 Å². The Morgan fingerprint density at radius 1 is 0.938 bits per heavy atom. The van der Waals surface area contributed by atoms with E-state index in [9.17, 15) is 9.59 Å². The highest BCUT2D eigenvalue weighted by Gasteiger charge is 2.21. The summed E-state index contributed by atoms with van der Waals surface area (Å²) in [6, 6.07) is 12.0. The summed E-state index contributed by atoms with van der Waals surface area (Å²) in [5.41, 5.74) is 0.995. The molecule has 8 nitrogen and oxygen atoms in total. The molecule has 2 amide bonds. The summed E-state index contributed by atoms with van der Waals surface area (Å²) < 4.78 is 16.0. The van der Waals surface area contributed by atoms with Gasteiger partial charge in [-0.3, -0.25) is 5.32 Å². The Kier molecular flexibility index (Phi) is 6.49.